The molecular formula is C14H18FN3O. The lowest BCUT2D eigenvalue weighted by atomic mass is 10.1. The molecule has 2 aromatic rings. The smallest absolute Gasteiger partial charge is 0.129 e. The minimum absolute atomic E-state index is 0.327. The molecule has 4 nitrogen and oxygen atoms in total. The van der Waals surface area contributed by atoms with E-state index in [9.17, 15) is 9.50 Å². The van der Waals surface area contributed by atoms with Gasteiger partial charge in [-0.1, -0.05) is 18.2 Å². The standard InChI is InChI=1S/C14H18FN3O/c1-18-9-7-11(17-18)6-8-16-10-14(19)12-4-2-3-5-13(12)15/h2-5,7,9,14,16,19H,6,8,10H2,1H3. The molecule has 19 heavy (non-hydrogen) atoms. The highest BCUT2D eigenvalue weighted by molar-refractivity contribution is 5.19. The summed E-state index contributed by atoms with van der Waals surface area (Å²) in [7, 11) is 1.87. The molecule has 0 saturated carbocycles. The molecule has 0 aliphatic carbocycles. The van der Waals surface area contributed by atoms with E-state index < -0.39 is 6.10 Å². The maximum atomic E-state index is 13.4. The van der Waals surface area contributed by atoms with Crippen molar-refractivity contribution in [2.45, 2.75) is 12.5 Å². The highest BCUT2D eigenvalue weighted by Crippen LogP contribution is 2.15. The number of hydrogen-bond donors (Lipinski definition) is 2. The van der Waals surface area contributed by atoms with Crippen LogP contribution < -0.4 is 5.32 Å². The monoisotopic (exact) mass is 263 g/mol. The summed E-state index contributed by atoms with van der Waals surface area (Å²) in [5.41, 5.74) is 1.32. The normalized spacial score (nSPS) is 12.6. The molecule has 0 aliphatic heterocycles. The molecular weight excluding hydrogens is 245 g/mol. The van der Waals surface area contributed by atoms with E-state index in [4.69, 9.17) is 0 Å². The van der Waals surface area contributed by atoms with Crippen LogP contribution in [0.3, 0.4) is 0 Å². The second-order valence-corrected chi connectivity index (χ2v) is 4.47. The van der Waals surface area contributed by atoms with E-state index in [1.54, 1.807) is 22.9 Å². The van der Waals surface area contributed by atoms with Gasteiger partial charge in [-0.3, -0.25) is 4.68 Å². The van der Waals surface area contributed by atoms with Crippen LogP contribution in [-0.4, -0.2) is 28.0 Å². The molecule has 102 valence electrons. The van der Waals surface area contributed by atoms with Crippen molar-refractivity contribution in [3.63, 3.8) is 0 Å². The van der Waals surface area contributed by atoms with Gasteiger partial charge in [-0.15, -0.1) is 0 Å². The Balaban J connectivity index is 1.75. The van der Waals surface area contributed by atoms with Gasteiger partial charge in [0.05, 0.1) is 11.8 Å². The van der Waals surface area contributed by atoms with Gasteiger partial charge in [-0.25, -0.2) is 4.39 Å². The summed E-state index contributed by atoms with van der Waals surface area (Å²) in [4.78, 5) is 0. The topological polar surface area (TPSA) is 50.1 Å². The number of aliphatic hydroxyl groups excluding tert-OH is 1. The first-order chi connectivity index (χ1) is 9.16. The van der Waals surface area contributed by atoms with Gasteiger partial charge < -0.3 is 10.4 Å². The molecule has 1 unspecified atom stereocenters. The molecule has 2 N–H and O–H groups in total. The van der Waals surface area contributed by atoms with Gasteiger partial charge in [0, 0.05) is 38.3 Å². The number of aromatic nitrogens is 2. The van der Waals surface area contributed by atoms with E-state index in [0.717, 1.165) is 12.1 Å². The first-order valence-electron chi connectivity index (χ1n) is 6.28. The molecule has 5 heteroatoms. The first kappa shape index (κ1) is 13.7. The number of halogens is 1. The van der Waals surface area contributed by atoms with E-state index in [0.29, 0.717) is 18.7 Å². The van der Waals surface area contributed by atoms with E-state index in [-0.39, 0.29) is 5.82 Å². The Morgan fingerprint density at radius 3 is 2.84 bits per heavy atom. The summed E-state index contributed by atoms with van der Waals surface area (Å²) in [6.07, 6.45) is 1.85. The minimum Gasteiger partial charge on any atom is -0.387 e. The Bertz CT molecular complexity index is 527. The Morgan fingerprint density at radius 2 is 2.16 bits per heavy atom. The second kappa shape index (κ2) is 6.45. The Labute approximate surface area is 111 Å². The highest BCUT2D eigenvalue weighted by atomic mass is 19.1. The summed E-state index contributed by atoms with van der Waals surface area (Å²) >= 11 is 0. The number of hydrogen-bond acceptors (Lipinski definition) is 3. The lowest BCUT2D eigenvalue weighted by molar-refractivity contribution is 0.170. The van der Waals surface area contributed by atoms with Crippen molar-refractivity contribution in [2.24, 2.45) is 7.05 Å². The van der Waals surface area contributed by atoms with Crippen LogP contribution in [0.5, 0.6) is 0 Å². The number of aryl methyl sites for hydroxylation is 1. The lowest BCUT2D eigenvalue weighted by Gasteiger charge is -2.12. The van der Waals surface area contributed by atoms with Crippen molar-refractivity contribution in [2.75, 3.05) is 13.1 Å². The fourth-order valence-electron chi connectivity index (χ4n) is 1.91. The molecule has 0 radical (unpaired) electrons. The van der Waals surface area contributed by atoms with Gasteiger partial charge in [0.15, 0.2) is 0 Å². The highest BCUT2D eigenvalue weighted by Gasteiger charge is 2.11. The van der Waals surface area contributed by atoms with Crippen LogP contribution in [-0.2, 0) is 13.5 Å². The summed E-state index contributed by atoms with van der Waals surface area (Å²) < 4.78 is 15.2. The molecule has 1 aromatic carbocycles. The van der Waals surface area contributed by atoms with Crippen molar-refractivity contribution in [1.29, 1.82) is 0 Å². The van der Waals surface area contributed by atoms with Gasteiger partial charge in [-0.2, -0.15) is 5.10 Å². The van der Waals surface area contributed by atoms with Crippen LogP contribution in [0.15, 0.2) is 36.5 Å². The maximum Gasteiger partial charge on any atom is 0.129 e. The number of nitrogens with zero attached hydrogens (tertiary/aromatic N) is 2. The molecule has 1 heterocycles. The zero-order valence-electron chi connectivity index (χ0n) is 10.9. The lowest BCUT2D eigenvalue weighted by Crippen LogP contribution is -2.24. The Hall–Kier alpha value is -1.72. The van der Waals surface area contributed by atoms with Crippen LogP contribution in [0.25, 0.3) is 0 Å². The molecule has 1 atom stereocenters. The van der Waals surface area contributed by atoms with Gasteiger partial charge in [0.2, 0.25) is 0 Å². The van der Waals surface area contributed by atoms with E-state index >= 15 is 0 Å². The fraction of sp³-hybridized carbons (Fsp3) is 0.357. The van der Waals surface area contributed by atoms with Crippen LogP contribution >= 0.6 is 0 Å². The largest absolute Gasteiger partial charge is 0.387 e. The van der Waals surface area contributed by atoms with Gasteiger partial charge >= 0.3 is 0 Å². The number of nitrogens with one attached hydrogen (secondary N) is 1. The molecule has 0 aliphatic rings. The minimum atomic E-state index is -0.829. The fourth-order valence-corrected chi connectivity index (χ4v) is 1.91. The summed E-state index contributed by atoms with van der Waals surface area (Å²) in [5.74, 6) is -0.374. The SMILES string of the molecule is Cn1ccc(CCNCC(O)c2ccccc2F)n1. The van der Waals surface area contributed by atoms with Gasteiger partial charge in [-0.05, 0) is 12.1 Å². The number of benzene rings is 1. The molecule has 2 rings (SSSR count). The second-order valence-electron chi connectivity index (χ2n) is 4.47. The average Bonchev–Trinajstić information content (AvgIpc) is 2.81. The summed E-state index contributed by atoms with van der Waals surface area (Å²) in [6.45, 7) is 1.02. The predicted octanol–water partition coefficient (Wildman–Crippen LogP) is 1.42. The molecule has 0 bridgehead atoms. The molecule has 1 aromatic heterocycles. The van der Waals surface area contributed by atoms with Crippen LogP contribution in [0.2, 0.25) is 0 Å². The van der Waals surface area contributed by atoms with Crippen molar-refractivity contribution in [3.05, 3.63) is 53.6 Å². The van der Waals surface area contributed by atoms with Crippen molar-refractivity contribution in [1.82, 2.24) is 15.1 Å². The quantitative estimate of drug-likeness (QED) is 0.775. The van der Waals surface area contributed by atoms with Crippen molar-refractivity contribution < 1.29 is 9.50 Å². The van der Waals surface area contributed by atoms with Gasteiger partial charge in [0.1, 0.15) is 5.82 Å². The van der Waals surface area contributed by atoms with Gasteiger partial charge in [0.25, 0.3) is 0 Å². The zero-order chi connectivity index (χ0) is 13.7. The average molecular weight is 263 g/mol. The Kier molecular flexibility index (Phi) is 4.65. The molecule has 0 amide bonds. The summed E-state index contributed by atoms with van der Waals surface area (Å²) in [5, 5.41) is 17.2. The van der Waals surface area contributed by atoms with E-state index in [2.05, 4.69) is 10.4 Å². The molecule has 0 saturated heterocycles. The first-order valence-corrected chi connectivity index (χ1v) is 6.28. The van der Waals surface area contributed by atoms with Crippen LogP contribution in [0.4, 0.5) is 4.39 Å². The number of rotatable bonds is 6. The Morgan fingerprint density at radius 1 is 1.37 bits per heavy atom. The third-order valence-electron chi connectivity index (χ3n) is 2.93. The third kappa shape index (κ3) is 3.87. The maximum absolute atomic E-state index is 13.4. The third-order valence-corrected chi connectivity index (χ3v) is 2.93. The van der Waals surface area contributed by atoms with Crippen LogP contribution in [0, 0.1) is 5.82 Å². The number of aliphatic hydroxyl groups is 1. The van der Waals surface area contributed by atoms with Crippen molar-refractivity contribution in [3.8, 4) is 0 Å². The molecule has 0 fully saturated rings. The zero-order valence-corrected chi connectivity index (χ0v) is 10.9. The van der Waals surface area contributed by atoms with Crippen molar-refractivity contribution >= 4 is 0 Å². The van der Waals surface area contributed by atoms with E-state index in [1.807, 2.05) is 19.3 Å². The summed E-state index contributed by atoms with van der Waals surface area (Å²) in [6, 6.07) is 8.23. The van der Waals surface area contributed by atoms with E-state index in [1.165, 1.54) is 6.07 Å². The van der Waals surface area contributed by atoms with Crippen LogP contribution in [0.1, 0.15) is 17.4 Å². The predicted molar refractivity (Wildman–Crippen MR) is 71.1 cm³/mol. The molecule has 0 spiro atoms.